The van der Waals surface area contributed by atoms with E-state index < -0.39 is 0 Å². The van der Waals surface area contributed by atoms with Gasteiger partial charge in [0.05, 0.1) is 20.3 Å². The lowest BCUT2D eigenvalue weighted by Crippen LogP contribution is -2.36. The third kappa shape index (κ3) is 3.37. The predicted octanol–water partition coefficient (Wildman–Crippen LogP) is 1.67. The first-order chi connectivity index (χ1) is 8.81. The van der Waals surface area contributed by atoms with Crippen molar-refractivity contribution < 1.29 is 14.6 Å². The van der Waals surface area contributed by atoms with Crippen LogP contribution < -0.4 is 4.74 Å². The largest absolute Gasteiger partial charge is 0.508 e. The van der Waals surface area contributed by atoms with Crippen LogP contribution in [0.3, 0.4) is 0 Å². The molecule has 100 valence electrons. The van der Waals surface area contributed by atoms with Crippen molar-refractivity contribution >= 4 is 0 Å². The smallest absolute Gasteiger partial charge is 0.125 e. The average molecular weight is 251 g/mol. The summed E-state index contributed by atoms with van der Waals surface area (Å²) in [6.07, 6.45) is 1.86. The SMILES string of the molecule is COc1cccc(O)c1CCCN1CCOCC1. The molecular formula is C14H21NO3. The van der Waals surface area contributed by atoms with Crippen LogP contribution >= 0.6 is 0 Å². The number of hydrogen-bond donors (Lipinski definition) is 1. The maximum Gasteiger partial charge on any atom is 0.125 e. The third-order valence-electron chi connectivity index (χ3n) is 3.33. The molecule has 0 aromatic heterocycles. The molecule has 0 aliphatic carbocycles. The number of phenolic OH excluding ortho intramolecular Hbond substituents is 1. The van der Waals surface area contributed by atoms with Crippen LogP contribution in [0, 0.1) is 0 Å². The van der Waals surface area contributed by atoms with Crippen LogP contribution in [-0.4, -0.2) is 50.0 Å². The Morgan fingerprint density at radius 3 is 2.83 bits per heavy atom. The summed E-state index contributed by atoms with van der Waals surface area (Å²) in [5.41, 5.74) is 0.910. The van der Waals surface area contributed by atoms with Gasteiger partial charge in [0, 0.05) is 18.7 Å². The highest BCUT2D eigenvalue weighted by Gasteiger charge is 2.12. The van der Waals surface area contributed by atoms with Gasteiger partial charge < -0.3 is 14.6 Å². The Balaban J connectivity index is 1.85. The van der Waals surface area contributed by atoms with Gasteiger partial charge in [-0.1, -0.05) is 6.07 Å². The number of ether oxygens (including phenoxy) is 2. The molecule has 18 heavy (non-hydrogen) atoms. The maximum absolute atomic E-state index is 9.85. The molecule has 1 heterocycles. The van der Waals surface area contributed by atoms with E-state index in [0.29, 0.717) is 5.75 Å². The lowest BCUT2D eigenvalue weighted by Gasteiger charge is -2.26. The fraction of sp³-hybridized carbons (Fsp3) is 0.571. The summed E-state index contributed by atoms with van der Waals surface area (Å²) >= 11 is 0. The number of benzene rings is 1. The average Bonchev–Trinajstić information content (AvgIpc) is 2.41. The van der Waals surface area contributed by atoms with Gasteiger partial charge in [0.25, 0.3) is 0 Å². The van der Waals surface area contributed by atoms with E-state index in [1.807, 2.05) is 6.07 Å². The van der Waals surface area contributed by atoms with Crippen molar-refractivity contribution in [1.82, 2.24) is 4.90 Å². The van der Waals surface area contributed by atoms with E-state index in [4.69, 9.17) is 9.47 Å². The fourth-order valence-corrected chi connectivity index (χ4v) is 2.30. The number of phenols is 1. The van der Waals surface area contributed by atoms with Crippen molar-refractivity contribution in [2.24, 2.45) is 0 Å². The Labute approximate surface area is 108 Å². The van der Waals surface area contributed by atoms with Crippen LogP contribution in [-0.2, 0) is 11.2 Å². The topological polar surface area (TPSA) is 41.9 Å². The summed E-state index contributed by atoms with van der Waals surface area (Å²) in [5.74, 6) is 1.10. The van der Waals surface area contributed by atoms with Gasteiger partial charge >= 0.3 is 0 Å². The Hall–Kier alpha value is -1.26. The van der Waals surface area contributed by atoms with Crippen LogP contribution in [0.1, 0.15) is 12.0 Å². The first kappa shape index (κ1) is 13.2. The molecule has 1 N–H and O–H groups in total. The molecule has 1 saturated heterocycles. The van der Waals surface area contributed by atoms with E-state index in [-0.39, 0.29) is 0 Å². The standard InChI is InChI=1S/C14H21NO3/c1-17-14-6-2-5-13(16)12(14)4-3-7-15-8-10-18-11-9-15/h2,5-6,16H,3-4,7-11H2,1H3. The second-order valence-corrected chi connectivity index (χ2v) is 4.52. The molecule has 1 aromatic rings. The minimum Gasteiger partial charge on any atom is -0.508 e. The second-order valence-electron chi connectivity index (χ2n) is 4.52. The Morgan fingerprint density at radius 1 is 1.33 bits per heavy atom. The van der Waals surface area contributed by atoms with Crippen molar-refractivity contribution in [3.63, 3.8) is 0 Å². The van der Waals surface area contributed by atoms with Crippen LogP contribution in [0.15, 0.2) is 18.2 Å². The monoisotopic (exact) mass is 251 g/mol. The molecule has 2 rings (SSSR count). The lowest BCUT2D eigenvalue weighted by atomic mass is 10.1. The lowest BCUT2D eigenvalue weighted by molar-refractivity contribution is 0.0374. The number of morpholine rings is 1. The van der Waals surface area contributed by atoms with Gasteiger partial charge in [-0.05, 0) is 31.5 Å². The van der Waals surface area contributed by atoms with E-state index in [1.54, 1.807) is 19.2 Å². The molecule has 0 saturated carbocycles. The van der Waals surface area contributed by atoms with Gasteiger partial charge in [-0.25, -0.2) is 0 Å². The number of nitrogens with zero attached hydrogens (tertiary/aromatic N) is 1. The van der Waals surface area contributed by atoms with Crippen molar-refractivity contribution in [3.8, 4) is 11.5 Å². The van der Waals surface area contributed by atoms with Crippen LogP contribution in [0.4, 0.5) is 0 Å². The van der Waals surface area contributed by atoms with Gasteiger partial charge in [0.15, 0.2) is 0 Å². The van der Waals surface area contributed by atoms with Crippen molar-refractivity contribution in [2.45, 2.75) is 12.8 Å². The molecule has 1 aliphatic rings. The summed E-state index contributed by atoms with van der Waals surface area (Å²) in [7, 11) is 1.64. The van der Waals surface area contributed by atoms with Crippen molar-refractivity contribution in [3.05, 3.63) is 23.8 Å². The van der Waals surface area contributed by atoms with Crippen LogP contribution in [0.2, 0.25) is 0 Å². The highest BCUT2D eigenvalue weighted by atomic mass is 16.5. The van der Waals surface area contributed by atoms with Crippen LogP contribution in [0.25, 0.3) is 0 Å². The summed E-state index contributed by atoms with van der Waals surface area (Å²) in [6, 6.07) is 5.41. The van der Waals surface area contributed by atoms with Gasteiger partial charge in [0.1, 0.15) is 11.5 Å². The number of methoxy groups -OCH3 is 1. The highest BCUT2D eigenvalue weighted by Crippen LogP contribution is 2.28. The number of rotatable bonds is 5. The summed E-state index contributed by atoms with van der Waals surface area (Å²) < 4.78 is 10.6. The number of hydrogen-bond acceptors (Lipinski definition) is 4. The zero-order valence-corrected chi connectivity index (χ0v) is 10.9. The van der Waals surface area contributed by atoms with Gasteiger partial charge in [-0.3, -0.25) is 4.90 Å². The molecule has 0 atom stereocenters. The Bertz CT molecular complexity index is 375. The fourth-order valence-electron chi connectivity index (χ4n) is 2.30. The maximum atomic E-state index is 9.85. The molecule has 1 aromatic carbocycles. The molecular weight excluding hydrogens is 230 g/mol. The quantitative estimate of drug-likeness (QED) is 0.864. The molecule has 4 nitrogen and oxygen atoms in total. The van der Waals surface area contributed by atoms with Crippen molar-refractivity contribution in [1.29, 1.82) is 0 Å². The second kappa shape index (κ2) is 6.61. The van der Waals surface area contributed by atoms with Gasteiger partial charge in [-0.15, -0.1) is 0 Å². The van der Waals surface area contributed by atoms with E-state index >= 15 is 0 Å². The Kier molecular flexibility index (Phi) is 4.84. The summed E-state index contributed by atoms with van der Waals surface area (Å²) in [4.78, 5) is 2.40. The molecule has 0 unspecified atom stereocenters. The third-order valence-corrected chi connectivity index (χ3v) is 3.33. The zero-order valence-electron chi connectivity index (χ0n) is 10.9. The van der Waals surface area contributed by atoms with E-state index in [1.165, 1.54) is 0 Å². The summed E-state index contributed by atoms with van der Waals surface area (Å²) in [6.45, 7) is 4.73. The normalized spacial score (nSPS) is 16.7. The summed E-state index contributed by atoms with van der Waals surface area (Å²) in [5, 5.41) is 9.85. The highest BCUT2D eigenvalue weighted by molar-refractivity contribution is 5.43. The first-order valence-corrected chi connectivity index (χ1v) is 6.46. The molecule has 0 amide bonds. The minimum atomic E-state index is 0.330. The molecule has 0 radical (unpaired) electrons. The Morgan fingerprint density at radius 2 is 2.11 bits per heavy atom. The molecule has 4 heteroatoms. The van der Waals surface area contributed by atoms with Gasteiger partial charge in [-0.2, -0.15) is 0 Å². The first-order valence-electron chi connectivity index (χ1n) is 6.46. The number of aromatic hydroxyl groups is 1. The zero-order chi connectivity index (χ0) is 12.8. The van der Waals surface area contributed by atoms with Crippen LogP contribution in [0.5, 0.6) is 11.5 Å². The molecule has 0 spiro atoms. The van der Waals surface area contributed by atoms with Crippen molar-refractivity contribution in [2.75, 3.05) is 40.0 Å². The predicted molar refractivity (Wildman–Crippen MR) is 70.2 cm³/mol. The van der Waals surface area contributed by atoms with E-state index in [9.17, 15) is 5.11 Å². The van der Waals surface area contributed by atoms with Gasteiger partial charge in [0.2, 0.25) is 0 Å². The minimum absolute atomic E-state index is 0.330. The van der Waals surface area contributed by atoms with E-state index in [2.05, 4.69) is 4.90 Å². The van der Waals surface area contributed by atoms with E-state index in [0.717, 1.165) is 57.0 Å². The molecule has 1 fully saturated rings. The molecule has 0 bridgehead atoms. The molecule has 1 aliphatic heterocycles.